The van der Waals surface area contributed by atoms with Crippen LogP contribution < -0.4 is 0 Å². The largest absolute Gasteiger partial charge is 0.0760 e. The van der Waals surface area contributed by atoms with E-state index < -0.39 is 0 Å². The Morgan fingerprint density at radius 1 is 1.23 bits per heavy atom. The second-order valence-corrected chi connectivity index (χ2v) is 4.18. The molecule has 1 aromatic rings. The molecule has 1 aliphatic rings. The minimum absolute atomic E-state index is 0.656. The normalized spacial score (nSPS) is 14.6. The summed E-state index contributed by atoms with van der Waals surface area (Å²) in [6.07, 6.45) is 3.50. The molecule has 0 fully saturated rings. The lowest BCUT2D eigenvalue weighted by molar-refractivity contribution is 0.857. The Morgan fingerprint density at radius 2 is 2.00 bits per heavy atom. The summed E-state index contributed by atoms with van der Waals surface area (Å²) in [6.45, 7) is 6.70. The van der Waals surface area contributed by atoms with Crippen molar-refractivity contribution in [1.29, 1.82) is 0 Å². The molecule has 68 valence electrons. The maximum atomic E-state index is 2.37. The van der Waals surface area contributed by atoms with Crippen LogP contribution in [0.3, 0.4) is 0 Å². The molecule has 0 nitrogen and oxygen atoms in total. The number of aryl methyl sites for hydroxylation is 1. The second kappa shape index (κ2) is 3.02. The zero-order valence-electron chi connectivity index (χ0n) is 8.59. The topological polar surface area (TPSA) is 0 Å². The van der Waals surface area contributed by atoms with Gasteiger partial charge in [0.2, 0.25) is 0 Å². The van der Waals surface area contributed by atoms with Crippen LogP contribution in [0.25, 0.3) is 5.57 Å². The first-order valence-corrected chi connectivity index (χ1v) is 4.98. The molecule has 0 heterocycles. The van der Waals surface area contributed by atoms with Crippen LogP contribution in [-0.2, 0) is 6.42 Å². The zero-order chi connectivity index (χ0) is 9.42. The molecule has 0 spiro atoms. The predicted octanol–water partition coefficient (Wildman–Crippen LogP) is 3.59. The van der Waals surface area contributed by atoms with Crippen LogP contribution in [0.4, 0.5) is 0 Å². The van der Waals surface area contributed by atoms with Gasteiger partial charge in [-0.05, 0) is 36.0 Å². The Hall–Kier alpha value is -1.04. The molecule has 0 unspecified atom stereocenters. The van der Waals surface area contributed by atoms with E-state index in [0.29, 0.717) is 5.92 Å². The Morgan fingerprint density at radius 3 is 2.69 bits per heavy atom. The van der Waals surface area contributed by atoms with E-state index in [-0.39, 0.29) is 0 Å². The molecule has 0 heteroatoms. The van der Waals surface area contributed by atoms with Crippen LogP contribution in [0.5, 0.6) is 0 Å². The van der Waals surface area contributed by atoms with Crippen molar-refractivity contribution in [3.8, 4) is 0 Å². The van der Waals surface area contributed by atoms with E-state index in [2.05, 4.69) is 45.0 Å². The van der Waals surface area contributed by atoms with Crippen LogP contribution in [0, 0.1) is 12.8 Å². The maximum Gasteiger partial charge on any atom is -0.00853 e. The van der Waals surface area contributed by atoms with E-state index in [1.807, 2.05) is 0 Å². The van der Waals surface area contributed by atoms with Crippen molar-refractivity contribution in [2.75, 3.05) is 0 Å². The third-order valence-corrected chi connectivity index (χ3v) is 2.74. The first kappa shape index (κ1) is 8.55. The SMILES string of the molecule is Cc1ccc2c(c1)C(C(C)C)=CC2. The quantitative estimate of drug-likeness (QED) is 0.607. The average molecular weight is 172 g/mol. The van der Waals surface area contributed by atoms with Crippen molar-refractivity contribution in [3.63, 3.8) is 0 Å². The van der Waals surface area contributed by atoms with Crippen molar-refractivity contribution in [3.05, 3.63) is 41.0 Å². The molecular formula is C13H16. The van der Waals surface area contributed by atoms with Gasteiger partial charge in [-0.15, -0.1) is 0 Å². The first-order chi connectivity index (χ1) is 6.18. The lowest BCUT2D eigenvalue weighted by Gasteiger charge is -2.09. The molecule has 0 amide bonds. The molecule has 0 saturated heterocycles. The van der Waals surface area contributed by atoms with Gasteiger partial charge < -0.3 is 0 Å². The van der Waals surface area contributed by atoms with Crippen molar-refractivity contribution in [2.45, 2.75) is 27.2 Å². The van der Waals surface area contributed by atoms with E-state index in [1.54, 1.807) is 0 Å². The fourth-order valence-electron chi connectivity index (χ4n) is 2.01. The van der Waals surface area contributed by atoms with Crippen LogP contribution in [0.1, 0.15) is 30.5 Å². The van der Waals surface area contributed by atoms with Gasteiger partial charge in [0.05, 0.1) is 0 Å². The fraction of sp³-hybridized carbons (Fsp3) is 0.385. The van der Waals surface area contributed by atoms with Gasteiger partial charge in [-0.1, -0.05) is 43.7 Å². The Labute approximate surface area is 80.3 Å². The lowest BCUT2D eigenvalue weighted by atomic mass is 9.96. The Kier molecular flexibility index (Phi) is 1.99. The Balaban J connectivity index is 2.48. The summed E-state index contributed by atoms with van der Waals surface area (Å²) in [5.74, 6) is 0.656. The molecule has 1 aliphatic carbocycles. The molecule has 0 saturated carbocycles. The number of rotatable bonds is 1. The van der Waals surface area contributed by atoms with Crippen molar-refractivity contribution < 1.29 is 0 Å². The van der Waals surface area contributed by atoms with Gasteiger partial charge in [-0.25, -0.2) is 0 Å². The monoisotopic (exact) mass is 172 g/mol. The van der Waals surface area contributed by atoms with Gasteiger partial charge in [0.1, 0.15) is 0 Å². The minimum atomic E-state index is 0.656. The highest BCUT2D eigenvalue weighted by atomic mass is 14.2. The summed E-state index contributed by atoms with van der Waals surface area (Å²) in [7, 11) is 0. The van der Waals surface area contributed by atoms with E-state index in [1.165, 1.54) is 22.3 Å². The van der Waals surface area contributed by atoms with Crippen molar-refractivity contribution in [2.24, 2.45) is 5.92 Å². The van der Waals surface area contributed by atoms with Gasteiger partial charge in [-0.3, -0.25) is 0 Å². The van der Waals surface area contributed by atoms with E-state index >= 15 is 0 Å². The second-order valence-electron chi connectivity index (χ2n) is 4.18. The van der Waals surface area contributed by atoms with Gasteiger partial charge in [-0.2, -0.15) is 0 Å². The summed E-state index contributed by atoms with van der Waals surface area (Å²) in [4.78, 5) is 0. The lowest BCUT2D eigenvalue weighted by Crippen LogP contribution is -1.92. The smallest absolute Gasteiger partial charge is 0.00853 e. The van der Waals surface area contributed by atoms with Crippen LogP contribution >= 0.6 is 0 Å². The highest BCUT2D eigenvalue weighted by Crippen LogP contribution is 2.32. The number of hydrogen-bond acceptors (Lipinski definition) is 0. The third kappa shape index (κ3) is 1.41. The van der Waals surface area contributed by atoms with Crippen molar-refractivity contribution >= 4 is 5.57 Å². The molecule has 0 aliphatic heterocycles. The molecule has 0 radical (unpaired) electrons. The summed E-state index contributed by atoms with van der Waals surface area (Å²) in [5.41, 5.74) is 5.87. The molecule has 0 aromatic heterocycles. The van der Waals surface area contributed by atoms with Crippen molar-refractivity contribution in [1.82, 2.24) is 0 Å². The minimum Gasteiger partial charge on any atom is -0.0760 e. The summed E-state index contributed by atoms with van der Waals surface area (Å²) in [5, 5.41) is 0. The summed E-state index contributed by atoms with van der Waals surface area (Å²) in [6, 6.07) is 6.78. The zero-order valence-corrected chi connectivity index (χ0v) is 8.59. The molecule has 1 aromatic carbocycles. The van der Waals surface area contributed by atoms with E-state index in [0.717, 1.165) is 6.42 Å². The summed E-state index contributed by atoms with van der Waals surface area (Å²) >= 11 is 0. The number of hydrogen-bond donors (Lipinski definition) is 0. The molecular weight excluding hydrogens is 156 g/mol. The molecule has 0 atom stereocenters. The maximum absolute atomic E-state index is 2.37. The number of fused-ring (bicyclic) bond motifs is 1. The van der Waals surface area contributed by atoms with E-state index in [9.17, 15) is 0 Å². The highest BCUT2D eigenvalue weighted by molar-refractivity contribution is 5.74. The number of allylic oxidation sites excluding steroid dienone is 2. The van der Waals surface area contributed by atoms with E-state index in [4.69, 9.17) is 0 Å². The highest BCUT2D eigenvalue weighted by Gasteiger charge is 2.15. The van der Waals surface area contributed by atoms with Gasteiger partial charge >= 0.3 is 0 Å². The number of benzene rings is 1. The average Bonchev–Trinajstić information content (AvgIpc) is 2.46. The standard InChI is InChI=1S/C13H16/c1-9(2)12-7-6-11-5-4-10(3)8-13(11)12/h4-5,7-9H,6H2,1-3H3. The third-order valence-electron chi connectivity index (χ3n) is 2.74. The fourth-order valence-corrected chi connectivity index (χ4v) is 2.01. The van der Waals surface area contributed by atoms with Crippen LogP contribution in [0.2, 0.25) is 0 Å². The first-order valence-electron chi connectivity index (χ1n) is 4.98. The van der Waals surface area contributed by atoms with Gasteiger partial charge in [0, 0.05) is 0 Å². The molecule has 0 N–H and O–H groups in total. The Bertz CT molecular complexity index is 356. The van der Waals surface area contributed by atoms with Gasteiger partial charge in [0.25, 0.3) is 0 Å². The summed E-state index contributed by atoms with van der Waals surface area (Å²) < 4.78 is 0. The van der Waals surface area contributed by atoms with Crippen LogP contribution in [0.15, 0.2) is 24.3 Å². The van der Waals surface area contributed by atoms with Gasteiger partial charge in [0.15, 0.2) is 0 Å². The molecule has 2 rings (SSSR count). The molecule has 0 bridgehead atoms. The van der Waals surface area contributed by atoms with Crippen LogP contribution in [-0.4, -0.2) is 0 Å². The predicted molar refractivity (Wildman–Crippen MR) is 57.7 cm³/mol. The molecule has 13 heavy (non-hydrogen) atoms.